The smallest absolute Gasteiger partial charge is 0.342 e. The number of carbonyl (C=O) groups is 1. The molecule has 0 spiro atoms. The fourth-order valence-corrected chi connectivity index (χ4v) is 2.65. The maximum atomic E-state index is 12.3. The van der Waals surface area contributed by atoms with E-state index >= 15 is 0 Å². The average Bonchev–Trinajstić information content (AvgIpc) is 3.04. The Balaban J connectivity index is 2.04. The van der Waals surface area contributed by atoms with Gasteiger partial charge in [-0.25, -0.2) is 14.3 Å². The van der Waals surface area contributed by atoms with Crippen molar-refractivity contribution in [2.45, 2.75) is 13.3 Å². The minimum Gasteiger partial charge on any atom is -0.476 e. The van der Waals surface area contributed by atoms with Gasteiger partial charge in [0.2, 0.25) is 5.88 Å². The molecule has 0 bridgehead atoms. The molecule has 0 atom stereocenters. The highest BCUT2D eigenvalue weighted by Crippen LogP contribution is 2.27. The molecule has 0 saturated carbocycles. The Labute approximate surface area is 146 Å². The van der Waals surface area contributed by atoms with Crippen molar-refractivity contribution in [3.63, 3.8) is 0 Å². The van der Waals surface area contributed by atoms with Gasteiger partial charge in [0, 0.05) is 6.54 Å². The molecule has 2 heterocycles. The predicted octanol–water partition coefficient (Wildman–Crippen LogP) is 2.39. The van der Waals surface area contributed by atoms with Crippen LogP contribution in [0.25, 0.3) is 16.6 Å². The van der Waals surface area contributed by atoms with Gasteiger partial charge < -0.3 is 14.4 Å². The number of aromatic nitrogens is 3. The van der Waals surface area contributed by atoms with Crippen LogP contribution in [0.3, 0.4) is 0 Å². The Morgan fingerprint density at radius 2 is 2.08 bits per heavy atom. The predicted molar refractivity (Wildman–Crippen MR) is 95.1 cm³/mol. The summed E-state index contributed by atoms with van der Waals surface area (Å²) in [6.45, 7) is 3.49. The highest BCUT2D eigenvalue weighted by atomic mass is 16.5. The van der Waals surface area contributed by atoms with Gasteiger partial charge in [0.15, 0.2) is 0 Å². The molecule has 0 aliphatic rings. The molecule has 0 N–H and O–H groups in total. The Morgan fingerprint density at radius 1 is 1.28 bits per heavy atom. The number of hydrogen-bond acceptors (Lipinski definition) is 6. The lowest BCUT2D eigenvalue weighted by Gasteiger charge is -2.12. The number of esters is 1. The molecule has 2 aromatic heterocycles. The molecule has 132 valence electrons. The van der Waals surface area contributed by atoms with E-state index in [9.17, 15) is 4.79 Å². The summed E-state index contributed by atoms with van der Waals surface area (Å²) >= 11 is 0. The highest BCUT2D eigenvalue weighted by molar-refractivity contribution is 5.99. The third kappa shape index (κ3) is 3.56. The highest BCUT2D eigenvalue weighted by Gasteiger charge is 2.21. The van der Waals surface area contributed by atoms with Crippen molar-refractivity contribution in [1.82, 2.24) is 19.5 Å². The number of carbonyl (C=O) groups excluding carboxylic acids is 1. The molecule has 1 aromatic carbocycles. The van der Waals surface area contributed by atoms with Gasteiger partial charge in [-0.05, 0) is 39.6 Å². The summed E-state index contributed by atoms with van der Waals surface area (Å²) in [5, 5.41) is 4.35. The number of fused-ring (bicyclic) bond motifs is 3. The van der Waals surface area contributed by atoms with Crippen molar-refractivity contribution < 1.29 is 14.3 Å². The van der Waals surface area contributed by atoms with Crippen molar-refractivity contribution in [3.8, 4) is 5.88 Å². The van der Waals surface area contributed by atoms with Gasteiger partial charge in [-0.3, -0.25) is 0 Å². The summed E-state index contributed by atoms with van der Waals surface area (Å²) in [7, 11) is 4.03. The minimum atomic E-state index is -0.423. The number of benzene rings is 1. The van der Waals surface area contributed by atoms with E-state index in [1.54, 1.807) is 11.4 Å². The molecule has 25 heavy (non-hydrogen) atoms. The second kappa shape index (κ2) is 7.48. The van der Waals surface area contributed by atoms with Crippen molar-refractivity contribution in [3.05, 3.63) is 36.0 Å². The SMILES string of the molecule is CCOC(=O)c1cnn2c1c(OCCCN(C)C)nc1ccccc12. The maximum Gasteiger partial charge on any atom is 0.342 e. The molecular formula is C18H22N4O3. The molecule has 0 aliphatic carbocycles. The van der Waals surface area contributed by atoms with Crippen LogP contribution in [0.2, 0.25) is 0 Å². The van der Waals surface area contributed by atoms with Gasteiger partial charge in [0.25, 0.3) is 0 Å². The van der Waals surface area contributed by atoms with Crippen LogP contribution in [-0.4, -0.2) is 59.3 Å². The van der Waals surface area contributed by atoms with Crippen LogP contribution in [0.1, 0.15) is 23.7 Å². The van der Waals surface area contributed by atoms with Gasteiger partial charge in [-0.2, -0.15) is 5.10 Å². The Morgan fingerprint density at radius 3 is 2.84 bits per heavy atom. The average molecular weight is 342 g/mol. The molecule has 3 rings (SSSR count). The Hall–Kier alpha value is -2.67. The fraction of sp³-hybridized carbons (Fsp3) is 0.389. The van der Waals surface area contributed by atoms with E-state index < -0.39 is 5.97 Å². The van der Waals surface area contributed by atoms with Gasteiger partial charge in [-0.1, -0.05) is 12.1 Å². The van der Waals surface area contributed by atoms with Crippen LogP contribution in [0.15, 0.2) is 30.5 Å². The van der Waals surface area contributed by atoms with Gasteiger partial charge >= 0.3 is 5.97 Å². The monoisotopic (exact) mass is 342 g/mol. The summed E-state index contributed by atoms with van der Waals surface area (Å²) in [5.41, 5.74) is 2.48. The molecule has 0 radical (unpaired) electrons. The van der Waals surface area contributed by atoms with E-state index in [1.807, 2.05) is 38.4 Å². The Kier molecular flexibility index (Phi) is 5.14. The number of ether oxygens (including phenoxy) is 2. The lowest BCUT2D eigenvalue weighted by Crippen LogP contribution is -2.16. The van der Waals surface area contributed by atoms with E-state index in [2.05, 4.69) is 15.0 Å². The number of nitrogens with zero attached hydrogens (tertiary/aromatic N) is 4. The summed E-state index contributed by atoms with van der Waals surface area (Å²) < 4.78 is 12.7. The third-order valence-corrected chi connectivity index (χ3v) is 3.79. The van der Waals surface area contributed by atoms with E-state index in [1.165, 1.54) is 6.20 Å². The van der Waals surface area contributed by atoms with E-state index in [0.29, 0.717) is 30.2 Å². The van der Waals surface area contributed by atoms with E-state index in [0.717, 1.165) is 24.0 Å². The zero-order valence-electron chi connectivity index (χ0n) is 14.7. The number of rotatable bonds is 7. The molecule has 7 nitrogen and oxygen atoms in total. The quantitative estimate of drug-likeness (QED) is 0.485. The van der Waals surface area contributed by atoms with Gasteiger partial charge in [-0.15, -0.1) is 0 Å². The second-order valence-electron chi connectivity index (χ2n) is 5.95. The number of para-hydroxylation sites is 2. The second-order valence-corrected chi connectivity index (χ2v) is 5.95. The molecular weight excluding hydrogens is 320 g/mol. The first-order valence-corrected chi connectivity index (χ1v) is 8.33. The fourth-order valence-electron chi connectivity index (χ4n) is 2.65. The summed E-state index contributed by atoms with van der Waals surface area (Å²) in [5.74, 6) is -0.0225. The minimum absolute atomic E-state index is 0.302. The summed E-state index contributed by atoms with van der Waals surface area (Å²) in [6, 6.07) is 7.62. The zero-order chi connectivity index (χ0) is 17.8. The first-order valence-electron chi connectivity index (χ1n) is 8.33. The maximum absolute atomic E-state index is 12.3. The number of hydrogen-bond donors (Lipinski definition) is 0. The normalized spacial score (nSPS) is 11.4. The molecule has 7 heteroatoms. The van der Waals surface area contributed by atoms with Crippen LogP contribution in [-0.2, 0) is 4.74 Å². The Bertz CT molecular complexity index is 889. The van der Waals surface area contributed by atoms with Crippen LogP contribution >= 0.6 is 0 Å². The first kappa shape index (κ1) is 17.2. The largest absolute Gasteiger partial charge is 0.476 e. The van der Waals surface area contributed by atoms with Crippen molar-refractivity contribution in [2.24, 2.45) is 0 Å². The molecule has 0 amide bonds. The molecule has 0 aliphatic heterocycles. The van der Waals surface area contributed by atoms with Crippen LogP contribution < -0.4 is 4.74 Å². The van der Waals surface area contributed by atoms with Crippen molar-refractivity contribution in [2.75, 3.05) is 33.9 Å². The third-order valence-electron chi connectivity index (χ3n) is 3.79. The van der Waals surface area contributed by atoms with Gasteiger partial charge in [0.05, 0.1) is 30.4 Å². The molecule has 0 unspecified atom stereocenters. The van der Waals surface area contributed by atoms with Crippen LogP contribution in [0, 0.1) is 0 Å². The topological polar surface area (TPSA) is 69.0 Å². The first-order chi connectivity index (χ1) is 12.1. The summed E-state index contributed by atoms with van der Waals surface area (Å²) in [4.78, 5) is 18.9. The molecule has 0 fully saturated rings. The standard InChI is InChI=1S/C18H22N4O3/c1-4-24-18(23)13-12-19-22-15-9-6-5-8-14(15)20-17(16(13)22)25-11-7-10-21(2)3/h5-6,8-9,12H,4,7,10-11H2,1-3H3. The van der Waals surface area contributed by atoms with Crippen LogP contribution in [0.4, 0.5) is 0 Å². The molecule has 0 saturated heterocycles. The van der Waals surface area contributed by atoms with E-state index in [4.69, 9.17) is 9.47 Å². The zero-order valence-corrected chi connectivity index (χ0v) is 14.7. The summed E-state index contributed by atoms with van der Waals surface area (Å²) in [6.07, 6.45) is 2.37. The van der Waals surface area contributed by atoms with Crippen molar-refractivity contribution >= 4 is 22.5 Å². The lowest BCUT2D eigenvalue weighted by molar-refractivity contribution is 0.0528. The van der Waals surface area contributed by atoms with Crippen molar-refractivity contribution in [1.29, 1.82) is 0 Å². The van der Waals surface area contributed by atoms with E-state index in [-0.39, 0.29) is 0 Å². The van der Waals surface area contributed by atoms with Gasteiger partial charge in [0.1, 0.15) is 11.1 Å². The lowest BCUT2D eigenvalue weighted by atomic mass is 10.2. The van der Waals surface area contributed by atoms with Crippen LogP contribution in [0.5, 0.6) is 5.88 Å². The molecule has 3 aromatic rings.